The number of ether oxygens (including phenoxy) is 1. The monoisotopic (exact) mass is 332 g/mol. The van der Waals surface area contributed by atoms with E-state index >= 15 is 0 Å². The lowest BCUT2D eigenvalue weighted by Gasteiger charge is -2.17. The number of carbonyl (C=O) groups is 2. The molecular formula is C18H24N2O4. The lowest BCUT2D eigenvalue weighted by atomic mass is 10.1. The fraction of sp³-hybridized carbons (Fsp3) is 0.444. The summed E-state index contributed by atoms with van der Waals surface area (Å²) in [5, 5.41) is 3.71. The van der Waals surface area contributed by atoms with E-state index in [9.17, 15) is 9.59 Å². The van der Waals surface area contributed by atoms with Crippen LogP contribution in [0.1, 0.15) is 36.9 Å². The average Bonchev–Trinajstić information content (AvgIpc) is 2.85. The molecule has 0 fully saturated rings. The highest BCUT2D eigenvalue weighted by atomic mass is 16.5. The Hall–Kier alpha value is -2.34. The Balaban J connectivity index is 2.24. The first-order valence-corrected chi connectivity index (χ1v) is 8.07. The molecule has 2 aromatic rings. The second-order valence-corrected chi connectivity index (χ2v) is 6.02. The number of benzene rings is 1. The molecule has 0 bridgehead atoms. The van der Waals surface area contributed by atoms with E-state index in [0.717, 1.165) is 10.9 Å². The summed E-state index contributed by atoms with van der Waals surface area (Å²) < 4.78 is 10.8. The molecule has 0 spiro atoms. The SMILES string of the molecule is CCOC(=O)c1oc2ccccc2c1CN(C)CC(=O)NC(C)C. The van der Waals surface area contributed by atoms with Crippen molar-refractivity contribution in [3.63, 3.8) is 0 Å². The van der Waals surface area contributed by atoms with Crippen molar-refractivity contribution >= 4 is 22.8 Å². The number of fused-ring (bicyclic) bond motifs is 1. The molecule has 2 rings (SSSR count). The largest absolute Gasteiger partial charge is 0.460 e. The molecular weight excluding hydrogens is 308 g/mol. The van der Waals surface area contributed by atoms with Gasteiger partial charge < -0.3 is 14.5 Å². The third-order valence-electron chi connectivity index (χ3n) is 3.45. The third kappa shape index (κ3) is 4.35. The van der Waals surface area contributed by atoms with Crippen molar-refractivity contribution in [2.45, 2.75) is 33.4 Å². The lowest BCUT2D eigenvalue weighted by molar-refractivity contribution is -0.122. The van der Waals surface area contributed by atoms with Gasteiger partial charge in [0, 0.05) is 23.5 Å². The summed E-state index contributed by atoms with van der Waals surface area (Å²) in [7, 11) is 1.83. The lowest BCUT2D eigenvalue weighted by Crippen LogP contribution is -2.38. The summed E-state index contributed by atoms with van der Waals surface area (Å²) in [6.45, 7) is 6.52. The van der Waals surface area contributed by atoms with E-state index in [-0.39, 0.29) is 30.9 Å². The van der Waals surface area contributed by atoms with E-state index in [2.05, 4.69) is 5.32 Å². The van der Waals surface area contributed by atoms with Crippen LogP contribution in [0.4, 0.5) is 0 Å². The van der Waals surface area contributed by atoms with Crippen molar-refractivity contribution < 1.29 is 18.7 Å². The van der Waals surface area contributed by atoms with Crippen LogP contribution in [0.2, 0.25) is 0 Å². The summed E-state index contributed by atoms with van der Waals surface area (Å²) in [5.74, 6) is -0.337. The number of hydrogen-bond acceptors (Lipinski definition) is 5. The van der Waals surface area contributed by atoms with Crippen molar-refractivity contribution in [2.75, 3.05) is 20.2 Å². The number of carbonyl (C=O) groups excluding carboxylic acids is 2. The molecule has 6 nitrogen and oxygen atoms in total. The standard InChI is InChI=1S/C18H24N2O4/c1-5-23-18(22)17-14(13-8-6-7-9-15(13)24-17)10-20(4)11-16(21)19-12(2)3/h6-9,12H,5,10-11H2,1-4H3,(H,19,21). The van der Waals surface area contributed by atoms with Crippen LogP contribution in [-0.2, 0) is 16.1 Å². The van der Waals surface area contributed by atoms with E-state index in [1.54, 1.807) is 6.92 Å². The van der Waals surface area contributed by atoms with Crippen molar-refractivity contribution in [3.05, 3.63) is 35.6 Å². The van der Waals surface area contributed by atoms with E-state index < -0.39 is 5.97 Å². The number of rotatable bonds is 7. The van der Waals surface area contributed by atoms with Gasteiger partial charge in [-0.3, -0.25) is 9.69 Å². The van der Waals surface area contributed by atoms with Gasteiger partial charge in [-0.25, -0.2) is 4.79 Å². The number of esters is 1. The Morgan fingerprint density at radius 1 is 1.29 bits per heavy atom. The molecule has 6 heteroatoms. The Kier molecular flexibility index (Phi) is 5.98. The van der Waals surface area contributed by atoms with Crippen LogP contribution in [0.25, 0.3) is 11.0 Å². The van der Waals surface area contributed by atoms with Gasteiger partial charge in [0.25, 0.3) is 0 Å². The van der Waals surface area contributed by atoms with Crippen LogP contribution in [0.3, 0.4) is 0 Å². The quantitative estimate of drug-likeness (QED) is 0.789. The van der Waals surface area contributed by atoms with Crippen LogP contribution >= 0.6 is 0 Å². The Bertz CT molecular complexity index is 721. The van der Waals surface area contributed by atoms with Crippen molar-refractivity contribution in [3.8, 4) is 0 Å². The first-order chi connectivity index (χ1) is 11.4. The van der Waals surface area contributed by atoms with Crippen molar-refractivity contribution in [1.29, 1.82) is 0 Å². The minimum absolute atomic E-state index is 0.0574. The summed E-state index contributed by atoms with van der Waals surface area (Å²) in [4.78, 5) is 25.9. The predicted molar refractivity (Wildman–Crippen MR) is 91.8 cm³/mol. The summed E-state index contributed by atoms with van der Waals surface area (Å²) >= 11 is 0. The van der Waals surface area contributed by atoms with E-state index in [1.807, 2.05) is 50.1 Å². The van der Waals surface area contributed by atoms with Gasteiger partial charge in [-0.15, -0.1) is 0 Å². The second kappa shape index (κ2) is 7.97. The predicted octanol–water partition coefficient (Wildman–Crippen LogP) is 2.57. The zero-order valence-corrected chi connectivity index (χ0v) is 14.6. The van der Waals surface area contributed by atoms with Crippen LogP contribution < -0.4 is 5.32 Å². The molecule has 24 heavy (non-hydrogen) atoms. The number of nitrogens with one attached hydrogen (secondary N) is 1. The Morgan fingerprint density at radius 3 is 2.67 bits per heavy atom. The fourth-order valence-corrected chi connectivity index (χ4v) is 2.56. The summed E-state index contributed by atoms with van der Waals surface area (Å²) in [6, 6.07) is 7.55. The van der Waals surface area contributed by atoms with Crippen LogP contribution in [0.15, 0.2) is 28.7 Å². The molecule has 0 unspecified atom stereocenters. The molecule has 130 valence electrons. The molecule has 0 saturated carbocycles. The molecule has 0 radical (unpaired) electrons. The van der Waals surface area contributed by atoms with Gasteiger partial charge in [-0.1, -0.05) is 18.2 Å². The maximum absolute atomic E-state index is 12.2. The van der Waals surface area contributed by atoms with Gasteiger partial charge in [-0.2, -0.15) is 0 Å². The highest BCUT2D eigenvalue weighted by molar-refractivity contribution is 5.96. The smallest absolute Gasteiger partial charge is 0.374 e. The van der Waals surface area contributed by atoms with E-state index in [0.29, 0.717) is 12.1 Å². The highest BCUT2D eigenvalue weighted by Gasteiger charge is 2.23. The number of hydrogen-bond donors (Lipinski definition) is 1. The van der Waals surface area contributed by atoms with Crippen LogP contribution in [0, 0.1) is 0 Å². The van der Waals surface area contributed by atoms with Crippen LogP contribution in [0.5, 0.6) is 0 Å². The number of nitrogens with zero attached hydrogens (tertiary/aromatic N) is 1. The number of likely N-dealkylation sites (N-methyl/N-ethyl adjacent to an activating group) is 1. The minimum Gasteiger partial charge on any atom is -0.460 e. The van der Waals surface area contributed by atoms with E-state index in [4.69, 9.17) is 9.15 Å². The topological polar surface area (TPSA) is 71.8 Å². The van der Waals surface area contributed by atoms with Gasteiger partial charge in [0.2, 0.25) is 11.7 Å². The fourth-order valence-electron chi connectivity index (χ4n) is 2.56. The second-order valence-electron chi connectivity index (χ2n) is 6.02. The molecule has 0 saturated heterocycles. The molecule has 1 heterocycles. The molecule has 1 amide bonds. The van der Waals surface area contributed by atoms with E-state index in [1.165, 1.54) is 0 Å². The summed E-state index contributed by atoms with van der Waals surface area (Å²) in [5.41, 5.74) is 1.37. The van der Waals surface area contributed by atoms with Gasteiger partial charge >= 0.3 is 5.97 Å². The molecule has 0 atom stereocenters. The first kappa shape index (κ1) is 18.0. The normalized spacial score (nSPS) is 11.2. The Morgan fingerprint density at radius 2 is 2.00 bits per heavy atom. The molecule has 1 N–H and O–H groups in total. The molecule has 0 aliphatic rings. The van der Waals surface area contributed by atoms with Crippen LogP contribution in [-0.4, -0.2) is 43.0 Å². The number of furan rings is 1. The molecule has 0 aliphatic heterocycles. The number of amides is 1. The minimum atomic E-state index is -0.483. The maximum atomic E-state index is 12.2. The number of para-hydroxylation sites is 1. The van der Waals surface area contributed by atoms with Crippen molar-refractivity contribution in [1.82, 2.24) is 10.2 Å². The van der Waals surface area contributed by atoms with Gasteiger partial charge in [0.1, 0.15) is 5.58 Å². The third-order valence-corrected chi connectivity index (χ3v) is 3.45. The summed E-state index contributed by atoms with van der Waals surface area (Å²) in [6.07, 6.45) is 0. The molecule has 0 aliphatic carbocycles. The Labute approximate surface area is 141 Å². The van der Waals surface area contributed by atoms with Gasteiger partial charge in [0.15, 0.2) is 0 Å². The van der Waals surface area contributed by atoms with Gasteiger partial charge in [0.05, 0.1) is 13.2 Å². The zero-order valence-electron chi connectivity index (χ0n) is 14.6. The maximum Gasteiger partial charge on any atom is 0.374 e. The average molecular weight is 332 g/mol. The molecule has 1 aromatic carbocycles. The van der Waals surface area contributed by atoms with Crippen molar-refractivity contribution in [2.24, 2.45) is 0 Å². The molecule has 1 aromatic heterocycles. The zero-order chi connectivity index (χ0) is 17.7. The highest BCUT2D eigenvalue weighted by Crippen LogP contribution is 2.27. The first-order valence-electron chi connectivity index (χ1n) is 8.07. The van der Waals surface area contributed by atoms with Gasteiger partial charge in [-0.05, 0) is 33.9 Å².